The van der Waals surface area contributed by atoms with Crippen molar-refractivity contribution in [3.8, 4) is 11.5 Å². The third-order valence-corrected chi connectivity index (χ3v) is 3.56. The number of aromatic nitrogens is 2. The Balaban J connectivity index is 1.58. The van der Waals surface area contributed by atoms with Gasteiger partial charge in [0.1, 0.15) is 0 Å². The largest absolute Gasteiger partial charge is 0.421 e. The summed E-state index contributed by atoms with van der Waals surface area (Å²) in [4.78, 5) is 11.9. The average Bonchev–Trinajstić information content (AvgIpc) is 3.04. The molecule has 0 aliphatic rings. The molecule has 116 valence electrons. The molecule has 3 rings (SSSR count). The van der Waals surface area contributed by atoms with Crippen molar-refractivity contribution >= 4 is 17.5 Å². The van der Waals surface area contributed by atoms with Gasteiger partial charge in [0.15, 0.2) is 0 Å². The molecule has 2 aromatic carbocycles. The first-order chi connectivity index (χ1) is 11.2. The van der Waals surface area contributed by atoms with E-state index in [1.807, 2.05) is 36.4 Å². The summed E-state index contributed by atoms with van der Waals surface area (Å²) in [5, 5.41) is 11.3. The van der Waals surface area contributed by atoms with E-state index < -0.39 is 0 Å². The number of rotatable bonds is 5. The highest BCUT2D eigenvalue weighted by Gasteiger charge is 2.11. The van der Waals surface area contributed by atoms with Gasteiger partial charge in [-0.2, -0.15) is 0 Å². The van der Waals surface area contributed by atoms with Gasteiger partial charge in [-0.3, -0.25) is 4.79 Å². The minimum Gasteiger partial charge on any atom is -0.421 e. The summed E-state index contributed by atoms with van der Waals surface area (Å²) in [6.07, 6.45) is 0.454. The molecule has 0 radical (unpaired) electrons. The van der Waals surface area contributed by atoms with E-state index in [2.05, 4.69) is 15.5 Å². The van der Waals surface area contributed by atoms with E-state index >= 15 is 0 Å². The first-order valence-corrected chi connectivity index (χ1v) is 7.52. The molecule has 6 heteroatoms. The lowest BCUT2D eigenvalue weighted by Crippen LogP contribution is -2.25. The van der Waals surface area contributed by atoms with E-state index in [1.165, 1.54) is 0 Å². The van der Waals surface area contributed by atoms with Gasteiger partial charge in [-0.25, -0.2) is 0 Å². The van der Waals surface area contributed by atoms with Crippen LogP contribution in [0, 0.1) is 0 Å². The van der Waals surface area contributed by atoms with Crippen LogP contribution in [0.2, 0.25) is 5.02 Å². The summed E-state index contributed by atoms with van der Waals surface area (Å²) >= 11 is 6.10. The lowest BCUT2D eigenvalue weighted by Gasteiger charge is -2.02. The molecule has 0 fully saturated rings. The van der Waals surface area contributed by atoms with Crippen molar-refractivity contribution in [3.05, 3.63) is 71.1 Å². The predicted molar refractivity (Wildman–Crippen MR) is 87.2 cm³/mol. The van der Waals surface area contributed by atoms with E-state index in [1.54, 1.807) is 18.2 Å². The van der Waals surface area contributed by atoms with Crippen LogP contribution in [0.3, 0.4) is 0 Å². The molecule has 0 saturated carbocycles. The van der Waals surface area contributed by atoms with Crippen LogP contribution in [-0.4, -0.2) is 22.6 Å². The summed E-state index contributed by atoms with van der Waals surface area (Å²) in [5.74, 6) is 0.699. The van der Waals surface area contributed by atoms with Crippen molar-refractivity contribution in [1.29, 1.82) is 0 Å². The van der Waals surface area contributed by atoms with E-state index in [0.717, 1.165) is 0 Å². The number of amides is 1. The highest BCUT2D eigenvalue weighted by atomic mass is 35.5. The lowest BCUT2D eigenvalue weighted by molar-refractivity contribution is 0.0953. The molecule has 0 unspecified atom stereocenters. The molecule has 0 saturated heterocycles. The third kappa shape index (κ3) is 3.76. The molecular formula is C17H14ClN3O2. The Morgan fingerprint density at radius 2 is 1.78 bits per heavy atom. The van der Waals surface area contributed by atoms with Gasteiger partial charge in [0, 0.05) is 18.5 Å². The minimum atomic E-state index is -0.128. The zero-order valence-electron chi connectivity index (χ0n) is 12.2. The lowest BCUT2D eigenvalue weighted by atomic mass is 10.2. The van der Waals surface area contributed by atoms with Crippen LogP contribution in [0.5, 0.6) is 0 Å². The average molecular weight is 328 g/mol. The standard InChI is InChI=1S/C17H14ClN3O2/c18-14-9-5-4-8-13(14)17-21-20-15(23-17)10-11-19-16(22)12-6-2-1-3-7-12/h1-9H,10-11H2,(H,19,22). The number of benzene rings is 2. The van der Waals surface area contributed by atoms with Crippen LogP contribution in [0.4, 0.5) is 0 Å². The smallest absolute Gasteiger partial charge is 0.251 e. The normalized spacial score (nSPS) is 10.5. The maximum absolute atomic E-state index is 11.9. The number of nitrogens with zero attached hydrogens (tertiary/aromatic N) is 2. The van der Waals surface area contributed by atoms with E-state index in [9.17, 15) is 4.79 Å². The van der Waals surface area contributed by atoms with Gasteiger partial charge in [-0.05, 0) is 24.3 Å². The minimum absolute atomic E-state index is 0.128. The summed E-state index contributed by atoms with van der Waals surface area (Å²) in [6, 6.07) is 16.3. The Kier molecular flexibility index (Phi) is 4.68. The summed E-state index contributed by atoms with van der Waals surface area (Å²) in [7, 11) is 0. The number of nitrogens with one attached hydrogen (secondary N) is 1. The molecule has 5 nitrogen and oxygen atoms in total. The van der Waals surface area contributed by atoms with Crippen molar-refractivity contribution in [1.82, 2.24) is 15.5 Å². The summed E-state index contributed by atoms with van der Waals surface area (Å²) in [6.45, 7) is 0.415. The second kappa shape index (κ2) is 7.07. The van der Waals surface area contributed by atoms with Gasteiger partial charge >= 0.3 is 0 Å². The number of hydrogen-bond donors (Lipinski definition) is 1. The first kappa shape index (κ1) is 15.2. The highest BCUT2D eigenvalue weighted by molar-refractivity contribution is 6.33. The fourth-order valence-corrected chi connectivity index (χ4v) is 2.29. The fourth-order valence-electron chi connectivity index (χ4n) is 2.07. The second-order valence-electron chi connectivity index (χ2n) is 4.85. The molecule has 1 amide bonds. The SMILES string of the molecule is O=C(NCCc1nnc(-c2ccccc2Cl)o1)c1ccccc1. The van der Waals surface area contributed by atoms with Crippen LogP contribution in [0.1, 0.15) is 16.2 Å². The van der Waals surface area contributed by atoms with Crippen LogP contribution in [-0.2, 0) is 6.42 Å². The Labute approximate surface area is 138 Å². The topological polar surface area (TPSA) is 68.0 Å². The van der Waals surface area contributed by atoms with Crippen molar-refractivity contribution in [2.24, 2.45) is 0 Å². The van der Waals surface area contributed by atoms with Crippen molar-refractivity contribution < 1.29 is 9.21 Å². The molecule has 1 aromatic heterocycles. The molecule has 23 heavy (non-hydrogen) atoms. The molecule has 1 heterocycles. The Morgan fingerprint density at radius 1 is 1.04 bits per heavy atom. The first-order valence-electron chi connectivity index (χ1n) is 7.14. The van der Waals surface area contributed by atoms with E-state index in [0.29, 0.717) is 40.9 Å². The number of carbonyl (C=O) groups is 1. The van der Waals surface area contributed by atoms with Gasteiger partial charge in [0.25, 0.3) is 5.91 Å². The highest BCUT2D eigenvalue weighted by Crippen LogP contribution is 2.26. The van der Waals surface area contributed by atoms with E-state index in [-0.39, 0.29) is 5.91 Å². The van der Waals surface area contributed by atoms with Crippen molar-refractivity contribution in [2.45, 2.75) is 6.42 Å². The monoisotopic (exact) mass is 327 g/mol. The zero-order valence-corrected chi connectivity index (χ0v) is 13.0. The molecule has 0 bridgehead atoms. The van der Waals surface area contributed by atoms with Crippen LogP contribution in [0.15, 0.2) is 59.0 Å². The van der Waals surface area contributed by atoms with Crippen LogP contribution >= 0.6 is 11.6 Å². The number of carbonyl (C=O) groups excluding carboxylic acids is 1. The molecule has 0 atom stereocenters. The maximum atomic E-state index is 11.9. The van der Waals surface area contributed by atoms with Crippen molar-refractivity contribution in [2.75, 3.05) is 6.54 Å². The second-order valence-corrected chi connectivity index (χ2v) is 5.26. The molecule has 1 N–H and O–H groups in total. The van der Waals surface area contributed by atoms with Crippen LogP contribution < -0.4 is 5.32 Å². The molecule has 0 spiro atoms. The third-order valence-electron chi connectivity index (χ3n) is 3.23. The molecular weight excluding hydrogens is 314 g/mol. The summed E-state index contributed by atoms with van der Waals surface area (Å²) in [5.41, 5.74) is 1.32. The van der Waals surface area contributed by atoms with Gasteiger partial charge < -0.3 is 9.73 Å². The number of hydrogen-bond acceptors (Lipinski definition) is 4. The van der Waals surface area contributed by atoms with Gasteiger partial charge in [-0.1, -0.05) is 41.9 Å². The molecule has 0 aliphatic carbocycles. The fraction of sp³-hybridized carbons (Fsp3) is 0.118. The zero-order chi connectivity index (χ0) is 16.1. The van der Waals surface area contributed by atoms with Crippen LogP contribution in [0.25, 0.3) is 11.5 Å². The van der Waals surface area contributed by atoms with Gasteiger partial charge in [0.05, 0.1) is 10.6 Å². The Hall–Kier alpha value is -2.66. The Morgan fingerprint density at radius 3 is 2.57 bits per heavy atom. The quantitative estimate of drug-likeness (QED) is 0.780. The molecule has 0 aliphatic heterocycles. The maximum Gasteiger partial charge on any atom is 0.251 e. The van der Waals surface area contributed by atoms with E-state index in [4.69, 9.17) is 16.0 Å². The van der Waals surface area contributed by atoms with Gasteiger partial charge in [-0.15, -0.1) is 10.2 Å². The molecule has 3 aromatic rings. The Bertz CT molecular complexity index is 802. The predicted octanol–water partition coefficient (Wildman–Crippen LogP) is 3.36. The number of halogens is 1. The summed E-state index contributed by atoms with van der Waals surface area (Å²) < 4.78 is 5.58. The van der Waals surface area contributed by atoms with Crippen molar-refractivity contribution in [3.63, 3.8) is 0 Å². The van der Waals surface area contributed by atoms with Gasteiger partial charge in [0.2, 0.25) is 11.8 Å².